The second kappa shape index (κ2) is 6.12. The zero-order valence-electron chi connectivity index (χ0n) is 13.9. The Hall–Kier alpha value is -3.02. The van der Waals surface area contributed by atoms with E-state index in [1.54, 1.807) is 19.1 Å². The van der Waals surface area contributed by atoms with Gasteiger partial charge in [-0.15, -0.1) is 0 Å². The van der Waals surface area contributed by atoms with E-state index in [0.717, 1.165) is 22.6 Å². The summed E-state index contributed by atoms with van der Waals surface area (Å²) in [6.07, 6.45) is 0. The van der Waals surface area contributed by atoms with Gasteiger partial charge in [0, 0.05) is 5.56 Å². The first-order valence-corrected chi connectivity index (χ1v) is 7.81. The minimum Gasteiger partial charge on any atom is -0.319 e. The van der Waals surface area contributed by atoms with E-state index in [1.807, 2.05) is 19.1 Å². The molecule has 5 nitrogen and oxygen atoms in total. The summed E-state index contributed by atoms with van der Waals surface area (Å²) in [6, 6.07) is 11.6. The van der Waals surface area contributed by atoms with Crippen LogP contribution < -0.4 is 5.32 Å². The van der Waals surface area contributed by atoms with Gasteiger partial charge < -0.3 is 5.32 Å². The number of carbonyl (C=O) groups is 3. The quantitative estimate of drug-likeness (QED) is 0.687. The van der Waals surface area contributed by atoms with Crippen molar-refractivity contribution >= 4 is 17.7 Å². The van der Waals surface area contributed by atoms with Crippen molar-refractivity contribution in [2.45, 2.75) is 19.4 Å². The average Bonchev–Trinajstić information content (AvgIpc) is 2.80. The van der Waals surface area contributed by atoms with E-state index in [9.17, 15) is 18.8 Å². The first-order valence-electron chi connectivity index (χ1n) is 7.81. The van der Waals surface area contributed by atoms with Crippen LogP contribution in [0.25, 0.3) is 0 Å². The molecule has 6 heteroatoms. The molecule has 1 fully saturated rings. The van der Waals surface area contributed by atoms with Crippen LogP contribution in [0.1, 0.15) is 28.4 Å². The van der Waals surface area contributed by atoms with E-state index < -0.39 is 35.6 Å². The predicted molar refractivity (Wildman–Crippen MR) is 89.5 cm³/mol. The summed E-state index contributed by atoms with van der Waals surface area (Å²) in [5.41, 5.74) is 0.708. The molecule has 1 atom stereocenters. The number of hydrogen-bond donors (Lipinski definition) is 1. The highest BCUT2D eigenvalue weighted by Gasteiger charge is 2.49. The van der Waals surface area contributed by atoms with Crippen molar-refractivity contribution < 1.29 is 18.8 Å². The van der Waals surface area contributed by atoms with Gasteiger partial charge in [-0.1, -0.05) is 29.8 Å². The maximum atomic E-state index is 13.0. The summed E-state index contributed by atoms with van der Waals surface area (Å²) < 4.78 is 13.0. The zero-order valence-corrected chi connectivity index (χ0v) is 13.9. The van der Waals surface area contributed by atoms with Gasteiger partial charge in [-0.2, -0.15) is 0 Å². The maximum absolute atomic E-state index is 13.0. The fourth-order valence-electron chi connectivity index (χ4n) is 2.79. The summed E-state index contributed by atoms with van der Waals surface area (Å²) in [7, 11) is 0. The normalized spacial score (nSPS) is 19.9. The molecule has 0 aliphatic carbocycles. The molecule has 3 rings (SSSR count). The number of nitrogens with zero attached hydrogens (tertiary/aromatic N) is 1. The first kappa shape index (κ1) is 16.8. The fourth-order valence-corrected chi connectivity index (χ4v) is 2.79. The molecule has 0 aromatic heterocycles. The number of aryl methyl sites for hydroxylation is 1. The largest absolute Gasteiger partial charge is 0.325 e. The fraction of sp³-hybridized carbons (Fsp3) is 0.211. The molecule has 1 aliphatic rings. The Bertz CT molecular complexity index is 846. The van der Waals surface area contributed by atoms with E-state index in [-0.39, 0.29) is 5.56 Å². The lowest BCUT2D eigenvalue weighted by atomic mass is 9.91. The molecule has 0 radical (unpaired) electrons. The SMILES string of the molecule is Cc1ccc([C@@]2(C)NC(=O)N(CC(=O)c3ccc(F)cc3)C2=O)cc1. The molecule has 1 aliphatic heterocycles. The molecular formula is C19H17FN2O3. The number of carbonyl (C=O) groups excluding carboxylic acids is 3. The van der Waals surface area contributed by atoms with Gasteiger partial charge in [-0.05, 0) is 43.7 Å². The molecule has 25 heavy (non-hydrogen) atoms. The number of ketones is 1. The summed E-state index contributed by atoms with van der Waals surface area (Å²) in [6.45, 7) is 3.15. The van der Waals surface area contributed by atoms with Crippen LogP contribution >= 0.6 is 0 Å². The molecule has 0 spiro atoms. The number of imide groups is 1. The Balaban J connectivity index is 1.82. The first-order chi connectivity index (χ1) is 11.8. The molecule has 0 bridgehead atoms. The molecule has 128 valence electrons. The van der Waals surface area contributed by atoms with E-state index in [4.69, 9.17) is 0 Å². The summed E-state index contributed by atoms with van der Waals surface area (Å²) in [5, 5.41) is 2.66. The zero-order chi connectivity index (χ0) is 18.2. The number of benzene rings is 2. The van der Waals surface area contributed by atoms with Crippen molar-refractivity contribution in [2.24, 2.45) is 0 Å². The summed E-state index contributed by atoms with van der Waals surface area (Å²) >= 11 is 0. The van der Waals surface area contributed by atoms with Crippen molar-refractivity contribution in [1.82, 2.24) is 10.2 Å². The van der Waals surface area contributed by atoms with E-state index >= 15 is 0 Å². The monoisotopic (exact) mass is 340 g/mol. The summed E-state index contributed by atoms with van der Waals surface area (Å²) in [4.78, 5) is 38.2. The third-order valence-electron chi connectivity index (χ3n) is 4.37. The number of Topliss-reactive ketones (excluding diaryl/α,β-unsaturated/α-hetero) is 1. The molecule has 1 heterocycles. The Labute approximate surface area is 144 Å². The molecule has 1 N–H and O–H groups in total. The number of amides is 3. The third kappa shape index (κ3) is 3.03. The highest BCUT2D eigenvalue weighted by molar-refractivity contribution is 6.11. The number of hydrogen-bond acceptors (Lipinski definition) is 3. The molecule has 0 unspecified atom stereocenters. The van der Waals surface area contributed by atoms with Crippen molar-refractivity contribution in [1.29, 1.82) is 0 Å². The van der Waals surface area contributed by atoms with Crippen LogP contribution in [0.5, 0.6) is 0 Å². The highest BCUT2D eigenvalue weighted by atomic mass is 19.1. The Morgan fingerprint density at radius 3 is 2.28 bits per heavy atom. The van der Waals surface area contributed by atoms with Crippen LogP contribution in [0.3, 0.4) is 0 Å². The highest BCUT2D eigenvalue weighted by Crippen LogP contribution is 2.29. The van der Waals surface area contributed by atoms with Crippen LogP contribution in [0.2, 0.25) is 0 Å². The van der Waals surface area contributed by atoms with Crippen molar-refractivity contribution in [3.8, 4) is 0 Å². The van der Waals surface area contributed by atoms with Gasteiger partial charge in [-0.25, -0.2) is 9.18 Å². The Kier molecular flexibility index (Phi) is 4.12. The second-order valence-electron chi connectivity index (χ2n) is 6.24. The topological polar surface area (TPSA) is 66.5 Å². The van der Waals surface area contributed by atoms with Crippen LogP contribution in [-0.4, -0.2) is 29.2 Å². The molecule has 2 aromatic rings. The van der Waals surface area contributed by atoms with Gasteiger partial charge in [-0.3, -0.25) is 14.5 Å². The van der Waals surface area contributed by atoms with Crippen molar-refractivity contribution in [2.75, 3.05) is 6.54 Å². The Morgan fingerprint density at radius 2 is 1.68 bits per heavy atom. The van der Waals surface area contributed by atoms with Crippen LogP contribution in [-0.2, 0) is 10.3 Å². The minimum atomic E-state index is -1.21. The van der Waals surface area contributed by atoms with Crippen LogP contribution in [0.15, 0.2) is 48.5 Å². The second-order valence-corrected chi connectivity index (χ2v) is 6.24. The minimum absolute atomic E-state index is 0.242. The lowest BCUT2D eigenvalue weighted by molar-refractivity contribution is -0.130. The van der Waals surface area contributed by atoms with Gasteiger partial charge in [0.15, 0.2) is 5.78 Å². The van der Waals surface area contributed by atoms with Gasteiger partial charge in [0.1, 0.15) is 11.4 Å². The van der Waals surface area contributed by atoms with Crippen molar-refractivity contribution in [3.05, 3.63) is 71.0 Å². The van der Waals surface area contributed by atoms with Gasteiger partial charge in [0.05, 0.1) is 6.54 Å². The van der Waals surface area contributed by atoms with Gasteiger partial charge >= 0.3 is 6.03 Å². The maximum Gasteiger partial charge on any atom is 0.325 e. The lowest BCUT2D eigenvalue weighted by Gasteiger charge is -2.22. The number of urea groups is 1. The van der Waals surface area contributed by atoms with Crippen LogP contribution in [0.4, 0.5) is 9.18 Å². The Morgan fingerprint density at radius 1 is 1.08 bits per heavy atom. The predicted octanol–water partition coefficient (Wildman–Crippen LogP) is 2.78. The lowest BCUT2D eigenvalue weighted by Crippen LogP contribution is -2.41. The standard InChI is InChI=1S/C19H17FN2O3/c1-12-3-7-14(8-4-12)19(2)17(24)22(18(25)21-19)11-16(23)13-5-9-15(20)10-6-13/h3-10H,11H2,1-2H3,(H,21,25)/t19-/m1/s1. The van der Waals surface area contributed by atoms with E-state index in [1.165, 1.54) is 12.1 Å². The van der Waals surface area contributed by atoms with E-state index in [2.05, 4.69) is 5.32 Å². The number of rotatable bonds is 4. The molecular weight excluding hydrogens is 323 g/mol. The number of nitrogens with one attached hydrogen (secondary N) is 1. The third-order valence-corrected chi connectivity index (χ3v) is 4.37. The molecule has 1 saturated heterocycles. The van der Waals surface area contributed by atoms with Gasteiger partial charge in [0.25, 0.3) is 5.91 Å². The molecule has 3 amide bonds. The van der Waals surface area contributed by atoms with Gasteiger partial charge in [0.2, 0.25) is 0 Å². The average molecular weight is 340 g/mol. The summed E-state index contributed by atoms with van der Waals surface area (Å²) in [5.74, 6) is -1.38. The molecule has 0 saturated carbocycles. The van der Waals surface area contributed by atoms with Crippen LogP contribution in [0, 0.1) is 12.7 Å². The van der Waals surface area contributed by atoms with E-state index in [0.29, 0.717) is 5.56 Å². The smallest absolute Gasteiger partial charge is 0.319 e. The number of halogens is 1. The molecule has 2 aromatic carbocycles. The van der Waals surface area contributed by atoms with Crippen molar-refractivity contribution in [3.63, 3.8) is 0 Å².